The number of benzene rings is 2. The normalized spacial score (nSPS) is 12.5. The molecule has 0 radical (unpaired) electrons. The molecule has 0 fully saturated rings. The van der Waals surface area contributed by atoms with Gasteiger partial charge in [0.25, 0.3) is 0 Å². The first kappa shape index (κ1) is 14.1. The molecule has 0 spiro atoms. The summed E-state index contributed by atoms with van der Waals surface area (Å²) in [6.07, 6.45) is 1.82. The Labute approximate surface area is 129 Å². The quantitative estimate of drug-likeness (QED) is 0.769. The number of hydrogen-bond acceptors (Lipinski definition) is 2. The molecule has 2 nitrogen and oxygen atoms in total. The third kappa shape index (κ3) is 2.78. The molecule has 0 aliphatic heterocycles. The number of aromatic nitrogens is 1. The first-order chi connectivity index (χ1) is 10.2. The lowest BCUT2D eigenvalue weighted by Gasteiger charge is -2.18. The summed E-state index contributed by atoms with van der Waals surface area (Å²) in [5.74, 6) is 0. The van der Waals surface area contributed by atoms with Crippen molar-refractivity contribution >= 4 is 22.5 Å². The van der Waals surface area contributed by atoms with Gasteiger partial charge in [-0.15, -0.1) is 0 Å². The van der Waals surface area contributed by atoms with Crippen molar-refractivity contribution in [3.05, 3.63) is 76.4 Å². The van der Waals surface area contributed by atoms with E-state index in [-0.39, 0.29) is 6.04 Å². The maximum Gasteiger partial charge on any atom is 0.0702 e. The van der Waals surface area contributed by atoms with Crippen molar-refractivity contribution in [1.82, 2.24) is 10.3 Å². The number of rotatable bonds is 3. The van der Waals surface area contributed by atoms with Gasteiger partial charge >= 0.3 is 0 Å². The van der Waals surface area contributed by atoms with E-state index in [1.165, 1.54) is 11.1 Å². The summed E-state index contributed by atoms with van der Waals surface area (Å²) in [5.41, 5.74) is 4.54. The lowest BCUT2D eigenvalue weighted by Crippen LogP contribution is -2.17. The van der Waals surface area contributed by atoms with Crippen molar-refractivity contribution < 1.29 is 0 Å². The molecule has 106 valence electrons. The van der Waals surface area contributed by atoms with E-state index in [2.05, 4.69) is 46.7 Å². The highest BCUT2D eigenvalue weighted by Gasteiger charge is 2.13. The molecule has 1 heterocycles. The van der Waals surface area contributed by atoms with Crippen LogP contribution in [0.5, 0.6) is 0 Å². The molecule has 1 atom stereocenters. The molecule has 3 heteroatoms. The average Bonchev–Trinajstić information content (AvgIpc) is 2.51. The molecule has 1 aromatic heterocycles. The molecule has 3 rings (SSSR count). The van der Waals surface area contributed by atoms with Gasteiger partial charge in [0, 0.05) is 16.6 Å². The molecule has 2 aromatic carbocycles. The fourth-order valence-corrected chi connectivity index (χ4v) is 2.76. The van der Waals surface area contributed by atoms with E-state index >= 15 is 0 Å². The van der Waals surface area contributed by atoms with Gasteiger partial charge < -0.3 is 5.32 Å². The largest absolute Gasteiger partial charge is 0.309 e. The molecular formula is C18H17ClN2. The Morgan fingerprint density at radius 1 is 1.05 bits per heavy atom. The van der Waals surface area contributed by atoms with Crippen LogP contribution in [0.25, 0.3) is 10.9 Å². The van der Waals surface area contributed by atoms with Crippen LogP contribution in [0, 0.1) is 6.92 Å². The summed E-state index contributed by atoms with van der Waals surface area (Å²) in [6.45, 7) is 2.03. The van der Waals surface area contributed by atoms with Crippen LogP contribution in [0.4, 0.5) is 0 Å². The lowest BCUT2D eigenvalue weighted by molar-refractivity contribution is 0.692. The highest BCUT2D eigenvalue weighted by Crippen LogP contribution is 2.27. The third-order valence-electron chi connectivity index (χ3n) is 3.76. The molecule has 3 aromatic rings. The van der Waals surface area contributed by atoms with Gasteiger partial charge in [0.1, 0.15) is 0 Å². The van der Waals surface area contributed by atoms with Crippen molar-refractivity contribution in [3.8, 4) is 0 Å². The predicted molar refractivity (Wildman–Crippen MR) is 88.8 cm³/mol. The fourth-order valence-electron chi connectivity index (χ4n) is 2.65. The standard InChI is InChI=1S/C18H17ClN2/c1-12-10-14(5-7-16(12)19)18(20-2)15-6-8-17-13(11-15)4-3-9-21-17/h3-11,18,20H,1-2H3. The summed E-state index contributed by atoms with van der Waals surface area (Å²) in [6, 6.07) is 16.7. The first-order valence-corrected chi connectivity index (χ1v) is 7.35. The van der Waals surface area contributed by atoms with Gasteiger partial charge in [0.05, 0.1) is 11.6 Å². The van der Waals surface area contributed by atoms with Crippen LogP contribution in [-0.2, 0) is 0 Å². The summed E-state index contributed by atoms with van der Waals surface area (Å²) >= 11 is 6.12. The van der Waals surface area contributed by atoms with Crippen LogP contribution in [-0.4, -0.2) is 12.0 Å². The monoisotopic (exact) mass is 296 g/mol. The van der Waals surface area contributed by atoms with Crippen LogP contribution in [0.15, 0.2) is 54.7 Å². The minimum Gasteiger partial charge on any atom is -0.309 e. The number of hydrogen-bond donors (Lipinski definition) is 1. The van der Waals surface area contributed by atoms with Gasteiger partial charge in [-0.25, -0.2) is 0 Å². The minimum absolute atomic E-state index is 0.144. The molecular weight excluding hydrogens is 280 g/mol. The van der Waals surface area contributed by atoms with E-state index in [0.717, 1.165) is 21.5 Å². The summed E-state index contributed by atoms with van der Waals surface area (Å²) in [4.78, 5) is 4.37. The molecule has 1 N–H and O–H groups in total. The molecule has 0 aliphatic rings. The second-order valence-corrected chi connectivity index (χ2v) is 5.59. The van der Waals surface area contributed by atoms with Crippen molar-refractivity contribution in [2.75, 3.05) is 7.05 Å². The van der Waals surface area contributed by atoms with Gasteiger partial charge in [-0.3, -0.25) is 4.98 Å². The highest BCUT2D eigenvalue weighted by molar-refractivity contribution is 6.31. The van der Waals surface area contributed by atoms with Crippen LogP contribution in [0.2, 0.25) is 5.02 Å². The maximum absolute atomic E-state index is 6.12. The molecule has 0 saturated carbocycles. The van der Waals surface area contributed by atoms with Crippen LogP contribution in [0.1, 0.15) is 22.7 Å². The number of nitrogens with one attached hydrogen (secondary N) is 1. The smallest absolute Gasteiger partial charge is 0.0702 e. The Balaban J connectivity index is 2.06. The van der Waals surface area contributed by atoms with Gasteiger partial charge in [-0.2, -0.15) is 0 Å². The SMILES string of the molecule is CNC(c1ccc(Cl)c(C)c1)c1ccc2ncccc2c1. The van der Waals surface area contributed by atoms with Gasteiger partial charge in [0.15, 0.2) is 0 Å². The number of fused-ring (bicyclic) bond motifs is 1. The van der Waals surface area contributed by atoms with Crippen molar-refractivity contribution in [1.29, 1.82) is 0 Å². The summed E-state index contributed by atoms with van der Waals surface area (Å²) < 4.78 is 0. The topological polar surface area (TPSA) is 24.9 Å². The summed E-state index contributed by atoms with van der Waals surface area (Å²) in [7, 11) is 1.97. The van der Waals surface area contributed by atoms with Crippen LogP contribution in [0.3, 0.4) is 0 Å². The van der Waals surface area contributed by atoms with Crippen molar-refractivity contribution in [3.63, 3.8) is 0 Å². The number of aryl methyl sites for hydroxylation is 1. The van der Waals surface area contributed by atoms with E-state index in [9.17, 15) is 0 Å². The van der Waals surface area contributed by atoms with E-state index in [0.29, 0.717) is 0 Å². The third-order valence-corrected chi connectivity index (χ3v) is 4.19. The maximum atomic E-state index is 6.12. The number of pyridine rings is 1. The van der Waals surface area contributed by atoms with E-state index in [1.54, 1.807) is 0 Å². The zero-order valence-corrected chi connectivity index (χ0v) is 12.9. The van der Waals surface area contributed by atoms with Gasteiger partial charge in [0.2, 0.25) is 0 Å². The Bertz CT molecular complexity index is 783. The van der Waals surface area contributed by atoms with Gasteiger partial charge in [-0.1, -0.05) is 35.9 Å². The zero-order valence-electron chi connectivity index (χ0n) is 12.1. The first-order valence-electron chi connectivity index (χ1n) is 6.97. The zero-order chi connectivity index (χ0) is 14.8. The Kier molecular flexibility index (Phi) is 3.91. The highest BCUT2D eigenvalue weighted by atomic mass is 35.5. The van der Waals surface area contributed by atoms with E-state index in [4.69, 9.17) is 11.6 Å². The van der Waals surface area contributed by atoms with Crippen LogP contribution >= 0.6 is 11.6 Å². The van der Waals surface area contributed by atoms with Crippen molar-refractivity contribution in [2.45, 2.75) is 13.0 Å². The summed E-state index contributed by atoms with van der Waals surface area (Å²) in [5, 5.41) is 5.34. The predicted octanol–water partition coefficient (Wildman–Crippen LogP) is 4.51. The van der Waals surface area contributed by atoms with Gasteiger partial charge in [-0.05, 0) is 54.9 Å². The molecule has 21 heavy (non-hydrogen) atoms. The van der Waals surface area contributed by atoms with E-state index < -0.39 is 0 Å². The Morgan fingerprint density at radius 3 is 2.57 bits per heavy atom. The Hall–Kier alpha value is -1.90. The lowest BCUT2D eigenvalue weighted by atomic mass is 9.96. The Morgan fingerprint density at radius 2 is 1.81 bits per heavy atom. The fraction of sp³-hybridized carbons (Fsp3) is 0.167. The van der Waals surface area contributed by atoms with Crippen LogP contribution < -0.4 is 5.32 Å². The minimum atomic E-state index is 0.144. The molecule has 0 bridgehead atoms. The average molecular weight is 297 g/mol. The molecule has 0 aliphatic carbocycles. The second-order valence-electron chi connectivity index (χ2n) is 5.19. The van der Waals surface area contributed by atoms with Crippen molar-refractivity contribution in [2.24, 2.45) is 0 Å². The second kappa shape index (κ2) is 5.84. The molecule has 1 unspecified atom stereocenters. The molecule has 0 saturated heterocycles. The number of nitrogens with zero attached hydrogens (tertiary/aromatic N) is 1. The van der Waals surface area contributed by atoms with E-state index in [1.807, 2.05) is 32.3 Å². The number of halogens is 1. The molecule has 0 amide bonds.